The molecule has 0 amide bonds. The normalized spacial score (nSPS) is 11.3. The number of hydrogen-bond acceptors (Lipinski definition) is 0. The molecule has 2 aromatic carbocycles. The summed E-state index contributed by atoms with van der Waals surface area (Å²) in [5.74, 6) is 0. The Kier molecular flexibility index (Phi) is 5.22. The summed E-state index contributed by atoms with van der Waals surface area (Å²) in [6, 6.07) is 9.36. The minimum atomic E-state index is 0.304. The fraction of sp³-hybridized carbons (Fsp3) is 0.333. The first kappa shape index (κ1) is 15.9. The van der Waals surface area contributed by atoms with E-state index in [1.165, 1.54) is 33.4 Å². The van der Waals surface area contributed by atoms with E-state index in [1.807, 2.05) is 0 Å². The SMILES string of the molecule is Cc1cc(C)c([As]=[As]c2c(C)cc(C)cc2C)c(C)c1. The third-order valence-corrected chi connectivity index (χ3v) is 13.0. The molecule has 0 aliphatic rings. The molecule has 2 aromatic rings. The van der Waals surface area contributed by atoms with Crippen molar-refractivity contribution in [2.24, 2.45) is 0 Å². The Bertz CT molecular complexity index is 576. The van der Waals surface area contributed by atoms with Crippen LogP contribution in [0.15, 0.2) is 24.3 Å². The minimum absolute atomic E-state index is 0.304. The molecule has 0 nitrogen and oxygen atoms in total. The molecule has 0 fully saturated rings. The fourth-order valence-electron chi connectivity index (χ4n) is 2.76. The van der Waals surface area contributed by atoms with E-state index in [0.717, 1.165) is 0 Å². The third kappa shape index (κ3) is 3.60. The Morgan fingerprint density at radius 3 is 1.00 bits per heavy atom. The fourth-order valence-corrected chi connectivity index (χ4v) is 14.1. The van der Waals surface area contributed by atoms with E-state index in [2.05, 4.69) is 65.8 Å². The van der Waals surface area contributed by atoms with Gasteiger partial charge in [0, 0.05) is 0 Å². The van der Waals surface area contributed by atoms with Crippen molar-refractivity contribution in [3.05, 3.63) is 57.6 Å². The van der Waals surface area contributed by atoms with Crippen LogP contribution in [-0.2, 0) is 0 Å². The molecule has 2 heteroatoms. The average Bonchev–Trinajstić information content (AvgIpc) is 2.30. The van der Waals surface area contributed by atoms with Gasteiger partial charge in [0.1, 0.15) is 0 Å². The van der Waals surface area contributed by atoms with Gasteiger partial charge in [-0.2, -0.15) is 0 Å². The van der Waals surface area contributed by atoms with Crippen LogP contribution in [0.5, 0.6) is 0 Å². The van der Waals surface area contributed by atoms with Crippen LogP contribution < -0.4 is 8.70 Å². The zero-order chi connectivity index (χ0) is 14.9. The molecule has 0 spiro atoms. The predicted octanol–water partition coefficient (Wildman–Crippen LogP) is 2.81. The molecular formula is C18H22As2. The molecule has 0 radical (unpaired) electrons. The van der Waals surface area contributed by atoms with E-state index in [9.17, 15) is 0 Å². The molecule has 0 aliphatic heterocycles. The zero-order valence-corrected chi connectivity index (χ0v) is 17.0. The molecule has 0 heterocycles. The average molecular weight is 388 g/mol. The summed E-state index contributed by atoms with van der Waals surface area (Å²) in [6.45, 7) is 13.5. The summed E-state index contributed by atoms with van der Waals surface area (Å²) in [7, 11) is 0. The van der Waals surface area contributed by atoms with Crippen LogP contribution in [-0.4, -0.2) is 26.3 Å². The number of rotatable bonds is 2. The first-order chi connectivity index (χ1) is 9.38. The Morgan fingerprint density at radius 1 is 0.500 bits per heavy atom. The van der Waals surface area contributed by atoms with Gasteiger partial charge in [0.2, 0.25) is 0 Å². The summed E-state index contributed by atoms with van der Waals surface area (Å²) in [6.07, 6.45) is 0. The van der Waals surface area contributed by atoms with Crippen molar-refractivity contribution in [1.82, 2.24) is 0 Å². The summed E-state index contributed by atoms with van der Waals surface area (Å²) in [5, 5.41) is 0. The standard InChI is InChI=1S/C18H22As2/c1-11-7-13(3)17(14(4)8-11)19-20-18-15(5)9-12(2)10-16(18)6/h7-10H,1-6H3. The molecule has 0 unspecified atom stereocenters. The van der Waals surface area contributed by atoms with Crippen LogP contribution in [0.4, 0.5) is 0 Å². The number of benzene rings is 2. The summed E-state index contributed by atoms with van der Waals surface area (Å²) in [4.78, 5) is 0. The van der Waals surface area contributed by atoms with Crippen molar-refractivity contribution in [2.45, 2.75) is 41.5 Å². The molecule has 2 rings (SSSR count). The van der Waals surface area contributed by atoms with Crippen LogP contribution in [0.25, 0.3) is 0 Å². The molecule has 0 bridgehead atoms. The summed E-state index contributed by atoms with van der Waals surface area (Å²) < 4.78 is 3.32. The summed E-state index contributed by atoms with van der Waals surface area (Å²) in [5.41, 5.74) is 8.79. The van der Waals surface area contributed by atoms with Crippen LogP contribution in [0.2, 0.25) is 0 Å². The molecular weight excluding hydrogens is 366 g/mol. The van der Waals surface area contributed by atoms with Crippen molar-refractivity contribution < 1.29 is 0 Å². The van der Waals surface area contributed by atoms with Gasteiger partial charge in [0.15, 0.2) is 0 Å². The quantitative estimate of drug-likeness (QED) is 0.695. The van der Waals surface area contributed by atoms with Crippen molar-refractivity contribution in [3.63, 3.8) is 0 Å². The number of hydrogen-bond donors (Lipinski definition) is 0. The van der Waals surface area contributed by atoms with Crippen molar-refractivity contribution in [3.8, 4) is 0 Å². The molecule has 20 heavy (non-hydrogen) atoms. The van der Waals surface area contributed by atoms with Gasteiger partial charge in [-0.1, -0.05) is 0 Å². The topological polar surface area (TPSA) is 0 Å². The molecule has 104 valence electrons. The Hall–Kier alpha value is -0.443. The number of aryl methyl sites for hydroxylation is 6. The van der Waals surface area contributed by atoms with Gasteiger partial charge < -0.3 is 0 Å². The van der Waals surface area contributed by atoms with E-state index < -0.39 is 0 Å². The van der Waals surface area contributed by atoms with Crippen LogP contribution in [0.1, 0.15) is 33.4 Å². The Labute approximate surface area is 133 Å². The van der Waals surface area contributed by atoms with Gasteiger partial charge in [-0.25, -0.2) is 0 Å². The van der Waals surface area contributed by atoms with Crippen LogP contribution >= 0.6 is 0 Å². The van der Waals surface area contributed by atoms with Gasteiger partial charge in [-0.15, -0.1) is 0 Å². The Morgan fingerprint density at radius 2 is 0.750 bits per heavy atom. The van der Waals surface area contributed by atoms with Crippen molar-refractivity contribution in [2.75, 3.05) is 0 Å². The summed E-state index contributed by atoms with van der Waals surface area (Å²) >= 11 is 0.607. The third-order valence-electron chi connectivity index (χ3n) is 3.52. The molecule has 0 saturated heterocycles. The predicted molar refractivity (Wildman–Crippen MR) is 92.1 cm³/mol. The first-order valence-electron chi connectivity index (χ1n) is 6.96. The second-order valence-electron chi connectivity index (χ2n) is 5.69. The van der Waals surface area contributed by atoms with Crippen LogP contribution in [0, 0.1) is 41.5 Å². The second-order valence-corrected chi connectivity index (χ2v) is 12.8. The van der Waals surface area contributed by atoms with E-state index in [4.69, 9.17) is 0 Å². The maximum absolute atomic E-state index is 2.34. The molecule has 0 aliphatic carbocycles. The molecule has 0 saturated carbocycles. The first-order valence-corrected chi connectivity index (χ1v) is 14.0. The van der Waals surface area contributed by atoms with Gasteiger partial charge in [-0.3, -0.25) is 0 Å². The monoisotopic (exact) mass is 388 g/mol. The van der Waals surface area contributed by atoms with Gasteiger partial charge in [-0.05, 0) is 0 Å². The van der Waals surface area contributed by atoms with Crippen LogP contribution in [0.3, 0.4) is 0 Å². The maximum atomic E-state index is 2.34. The van der Waals surface area contributed by atoms with E-state index >= 15 is 0 Å². The molecule has 0 atom stereocenters. The van der Waals surface area contributed by atoms with Crippen molar-refractivity contribution in [1.29, 1.82) is 0 Å². The zero-order valence-electron chi connectivity index (χ0n) is 13.2. The van der Waals surface area contributed by atoms with Gasteiger partial charge in [0.25, 0.3) is 0 Å². The Balaban J connectivity index is 2.45. The van der Waals surface area contributed by atoms with Gasteiger partial charge >= 0.3 is 134 Å². The van der Waals surface area contributed by atoms with E-state index in [1.54, 1.807) is 8.70 Å². The van der Waals surface area contributed by atoms with E-state index in [0.29, 0.717) is 26.3 Å². The molecule has 0 aromatic heterocycles. The molecule has 0 N–H and O–H groups in total. The van der Waals surface area contributed by atoms with Crippen molar-refractivity contribution >= 4 is 35.0 Å². The van der Waals surface area contributed by atoms with E-state index in [-0.39, 0.29) is 0 Å². The second kappa shape index (κ2) is 6.55. The van der Waals surface area contributed by atoms with Gasteiger partial charge in [0.05, 0.1) is 0 Å².